The van der Waals surface area contributed by atoms with Crippen LogP contribution in [0, 0.1) is 0 Å². The van der Waals surface area contributed by atoms with Gasteiger partial charge in [0.2, 0.25) is 5.91 Å². The first-order valence-electron chi connectivity index (χ1n) is 8.44. The third-order valence-corrected chi connectivity index (χ3v) is 4.49. The monoisotopic (exact) mass is 340 g/mol. The molecule has 7 nitrogen and oxygen atoms in total. The molecule has 1 fully saturated rings. The summed E-state index contributed by atoms with van der Waals surface area (Å²) in [5.41, 5.74) is 2.54. The van der Waals surface area contributed by atoms with E-state index in [0.29, 0.717) is 25.3 Å². The Morgan fingerprint density at radius 2 is 2.24 bits per heavy atom. The standard InChI is InChI=1S/C18H20N4O3/c1-22-14(8-10-19-22)18-13(9-11-24-18)20-16(23)6-7-17-21-12-4-2-3-5-15(12)25-17/h2-5,8,10,13,18H,6-7,9,11H2,1H3,(H,20,23)/t13-,18-/m0/s1. The zero-order chi connectivity index (χ0) is 17.2. The Labute approximate surface area is 145 Å². The van der Waals surface area contributed by atoms with Crippen LogP contribution in [0.1, 0.15) is 30.5 Å². The summed E-state index contributed by atoms with van der Waals surface area (Å²) in [4.78, 5) is 16.7. The molecular weight excluding hydrogens is 320 g/mol. The number of ether oxygens (including phenoxy) is 1. The first kappa shape index (κ1) is 15.8. The van der Waals surface area contributed by atoms with Crippen LogP contribution < -0.4 is 5.32 Å². The van der Waals surface area contributed by atoms with Gasteiger partial charge >= 0.3 is 0 Å². The molecule has 1 amide bonds. The van der Waals surface area contributed by atoms with E-state index in [1.54, 1.807) is 10.9 Å². The number of oxazole rings is 1. The molecule has 2 atom stereocenters. The number of rotatable bonds is 5. The average molecular weight is 340 g/mol. The van der Waals surface area contributed by atoms with Gasteiger partial charge in [-0.15, -0.1) is 0 Å². The molecule has 0 radical (unpaired) electrons. The third kappa shape index (κ3) is 3.28. The van der Waals surface area contributed by atoms with Gasteiger partial charge in [0.05, 0.1) is 11.7 Å². The minimum atomic E-state index is -0.152. The molecule has 3 heterocycles. The van der Waals surface area contributed by atoms with Gasteiger partial charge in [-0.05, 0) is 24.6 Å². The molecule has 7 heteroatoms. The van der Waals surface area contributed by atoms with Crippen molar-refractivity contribution >= 4 is 17.0 Å². The number of fused-ring (bicyclic) bond motifs is 1. The summed E-state index contributed by atoms with van der Waals surface area (Å²) >= 11 is 0. The minimum absolute atomic E-state index is 0.0232. The Bertz CT molecular complexity index is 852. The SMILES string of the molecule is Cn1nccc1[C@H]1OCC[C@@H]1NC(=O)CCc1nc2ccccc2o1. The Hall–Kier alpha value is -2.67. The van der Waals surface area contributed by atoms with Gasteiger partial charge in [0.25, 0.3) is 0 Å². The summed E-state index contributed by atoms with van der Waals surface area (Å²) in [6.45, 7) is 0.631. The van der Waals surface area contributed by atoms with Crippen LogP contribution in [0.25, 0.3) is 11.1 Å². The highest BCUT2D eigenvalue weighted by atomic mass is 16.5. The van der Waals surface area contributed by atoms with Crippen molar-refractivity contribution < 1.29 is 13.9 Å². The molecule has 2 aromatic heterocycles. The van der Waals surface area contributed by atoms with Crippen LogP contribution in [0.15, 0.2) is 40.9 Å². The number of aromatic nitrogens is 3. The lowest BCUT2D eigenvalue weighted by Crippen LogP contribution is -2.37. The molecule has 25 heavy (non-hydrogen) atoms. The van der Waals surface area contributed by atoms with E-state index in [1.807, 2.05) is 37.4 Å². The van der Waals surface area contributed by atoms with Crippen molar-refractivity contribution in [2.45, 2.75) is 31.4 Å². The molecule has 1 saturated heterocycles. The van der Waals surface area contributed by atoms with Gasteiger partial charge in [0.15, 0.2) is 11.5 Å². The van der Waals surface area contributed by atoms with Gasteiger partial charge in [0, 0.05) is 32.7 Å². The number of hydrogen-bond acceptors (Lipinski definition) is 5. The predicted octanol–water partition coefficient (Wildman–Crippen LogP) is 2.14. The summed E-state index contributed by atoms with van der Waals surface area (Å²) in [6.07, 6.45) is 3.19. The normalized spacial score (nSPS) is 20.2. The van der Waals surface area contributed by atoms with E-state index in [0.717, 1.165) is 23.2 Å². The fourth-order valence-corrected chi connectivity index (χ4v) is 3.22. The zero-order valence-electron chi connectivity index (χ0n) is 14.0. The lowest BCUT2D eigenvalue weighted by atomic mass is 10.1. The van der Waals surface area contributed by atoms with Gasteiger partial charge in [-0.3, -0.25) is 9.48 Å². The summed E-state index contributed by atoms with van der Waals surface area (Å²) < 4.78 is 13.2. The van der Waals surface area contributed by atoms with Crippen molar-refractivity contribution in [3.05, 3.63) is 48.1 Å². The number of nitrogens with one attached hydrogen (secondary N) is 1. The van der Waals surface area contributed by atoms with E-state index in [2.05, 4.69) is 15.4 Å². The second-order valence-electron chi connectivity index (χ2n) is 6.21. The van der Waals surface area contributed by atoms with Crippen molar-refractivity contribution in [2.24, 2.45) is 7.05 Å². The second-order valence-corrected chi connectivity index (χ2v) is 6.21. The molecule has 4 rings (SSSR count). The first-order chi connectivity index (χ1) is 12.2. The average Bonchev–Trinajstić information content (AvgIpc) is 3.31. The number of para-hydroxylation sites is 2. The summed E-state index contributed by atoms with van der Waals surface area (Å²) in [5, 5.41) is 7.25. The summed E-state index contributed by atoms with van der Waals surface area (Å²) in [6, 6.07) is 9.49. The Kier molecular flexibility index (Phi) is 4.23. The van der Waals surface area contributed by atoms with Crippen LogP contribution in [-0.4, -0.2) is 33.3 Å². The molecule has 0 saturated carbocycles. The Morgan fingerprint density at radius 1 is 1.36 bits per heavy atom. The van der Waals surface area contributed by atoms with E-state index in [4.69, 9.17) is 9.15 Å². The van der Waals surface area contributed by atoms with Crippen LogP contribution in [0.3, 0.4) is 0 Å². The molecule has 130 valence electrons. The van der Waals surface area contributed by atoms with Gasteiger partial charge < -0.3 is 14.5 Å². The fraction of sp³-hybridized carbons (Fsp3) is 0.389. The lowest BCUT2D eigenvalue weighted by molar-refractivity contribution is -0.122. The highest BCUT2D eigenvalue weighted by molar-refractivity contribution is 5.77. The number of hydrogen-bond donors (Lipinski definition) is 1. The van der Waals surface area contributed by atoms with Crippen LogP contribution in [-0.2, 0) is 23.0 Å². The topological polar surface area (TPSA) is 82.2 Å². The highest BCUT2D eigenvalue weighted by Gasteiger charge is 2.32. The maximum absolute atomic E-state index is 12.3. The molecular formula is C18H20N4O3. The van der Waals surface area contributed by atoms with Gasteiger partial charge in [-0.25, -0.2) is 4.98 Å². The Balaban J connectivity index is 1.36. The van der Waals surface area contributed by atoms with Crippen molar-refractivity contribution in [1.82, 2.24) is 20.1 Å². The number of aryl methyl sites for hydroxylation is 2. The van der Waals surface area contributed by atoms with E-state index in [1.165, 1.54) is 0 Å². The predicted molar refractivity (Wildman–Crippen MR) is 90.8 cm³/mol. The van der Waals surface area contributed by atoms with Crippen LogP contribution in [0.4, 0.5) is 0 Å². The van der Waals surface area contributed by atoms with Crippen molar-refractivity contribution in [3.8, 4) is 0 Å². The number of carbonyl (C=O) groups excluding carboxylic acids is 1. The number of carbonyl (C=O) groups is 1. The minimum Gasteiger partial charge on any atom is -0.441 e. The molecule has 1 aliphatic rings. The maximum Gasteiger partial charge on any atom is 0.220 e. The van der Waals surface area contributed by atoms with E-state index in [-0.39, 0.29) is 18.1 Å². The number of benzene rings is 1. The third-order valence-electron chi connectivity index (χ3n) is 4.49. The first-order valence-corrected chi connectivity index (χ1v) is 8.44. The van der Waals surface area contributed by atoms with Crippen LogP contribution in [0.2, 0.25) is 0 Å². The van der Waals surface area contributed by atoms with Gasteiger partial charge in [0.1, 0.15) is 11.6 Å². The summed E-state index contributed by atoms with van der Waals surface area (Å²) in [5.74, 6) is 0.562. The molecule has 0 spiro atoms. The molecule has 0 bridgehead atoms. The molecule has 1 aliphatic heterocycles. The highest BCUT2D eigenvalue weighted by Crippen LogP contribution is 2.28. The van der Waals surface area contributed by atoms with Crippen molar-refractivity contribution in [2.75, 3.05) is 6.61 Å². The van der Waals surface area contributed by atoms with Crippen LogP contribution in [0.5, 0.6) is 0 Å². The van der Waals surface area contributed by atoms with E-state index < -0.39 is 0 Å². The quantitative estimate of drug-likeness (QED) is 0.769. The molecule has 1 N–H and O–H groups in total. The van der Waals surface area contributed by atoms with E-state index in [9.17, 15) is 4.79 Å². The van der Waals surface area contributed by atoms with E-state index >= 15 is 0 Å². The fourth-order valence-electron chi connectivity index (χ4n) is 3.22. The second kappa shape index (κ2) is 6.68. The smallest absolute Gasteiger partial charge is 0.220 e. The van der Waals surface area contributed by atoms with Crippen molar-refractivity contribution in [3.63, 3.8) is 0 Å². The zero-order valence-corrected chi connectivity index (χ0v) is 14.0. The maximum atomic E-state index is 12.3. The Morgan fingerprint density at radius 3 is 3.04 bits per heavy atom. The summed E-state index contributed by atoms with van der Waals surface area (Å²) in [7, 11) is 1.88. The van der Waals surface area contributed by atoms with Gasteiger partial charge in [-0.1, -0.05) is 12.1 Å². The van der Waals surface area contributed by atoms with Crippen molar-refractivity contribution in [1.29, 1.82) is 0 Å². The number of amides is 1. The number of nitrogens with zero attached hydrogens (tertiary/aromatic N) is 3. The lowest BCUT2D eigenvalue weighted by Gasteiger charge is -2.20. The van der Waals surface area contributed by atoms with Gasteiger partial charge in [-0.2, -0.15) is 5.10 Å². The molecule has 3 aromatic rings. The van der Waals surface area contributed by atoms with Crippen LogP contribution >= 0.6 is 0 Å². The molecule has 0 unspecified atom stereocenters. The largest absolute Gasteiger partial charge is 0.441 e. The molecule has 1 aromatic carbocycles. The molecule has 0 aliphatic carbocycles.